The van der Waals surface area contributed by atoms with E-state index >= 15 is 0 Å². The zero-order chi connectivity index (χ0) is 14.6. The van der Waals surface area contributed by atoms with Crippen LogP contribution in [-0.2, 0) is 16.6 Å². The zero-order valence-electron chi connectivity index (χ0n) is 11.9. The average Bonchev–Trinajstić information content (AvgIpc) is 2.35. The van der Waals surface area contributed by atoms with Crippen molar-refractivity contribution in [3.8, 4) is 0 Å². The maximum absolute atomic E-state index is 12.5. The average molecular weight is 286 g/mol. The number of nitrogens with zero attached hydrogens (tertiary/aromatic N) is 2. The first-order valence-electron chi connectivity index (χ1n) is 6.36. The number of pyridine rings is 1. The van der Waals surface area contributed by atoms with Crippen molar-refractivity contribution in [2.24, 2.45) is 5.92 Å². The van der Waals surface area contributed by atoms with Gasteiger partial charge in [0.15, 0.2) is 5.03 Å². The Hall–Kier alpha value is -0.980. The summed E-state index contributed by atoms with van der Waals surface area (Å²) in [6.07, 6.45) is 1.39. The van der Waals surface area contributed by atoms with E-state index in [0.29, 0.717) is 12.1 Å². The first-order valence-corrected chi connectivity index (χ1v) is 7.80. The topological polar surface area (TPSA) is 70.5 Å². The van der Waals surface area contributed by atoms with Crippen molar-refractivity contribution in [2.75, 3.05) is 6.54 Å². The van der Waals surface area contributed by atoms with Crippen LogP contribution in [0.15, 0.2) is 23.4 Å². The van der Waals surface area contributed by atoms with Crippen LogP contribution in [0.5, 0.6) is 0 Å². The van der Waals surface area contributed by atoms with Gasteiger partial charge in [-0.25, -0.2) is 13.4 Å². The first kappa shape index (κ1) is 16.1. The van der Waals surface area contributed by atoms with E-state index in [9.17, 15) is 8.42 Å². The lowest BCUT2D eigenvalue weighted by Gasteiger charge is -2.27. The minimum absolute atomic E-state index is 0.0269. The molecule has 1 rings (SSSR count). The quantitative estimate of drug-likeness (QED) is 0.863. The lowest BCUT2D eigenvalue weighted by molar-refractivity contribution is 0.281. The van der Waals surface area contributed by atoms with Gasteiger partial charge in [-0.1, -0.05) is 19.9 Å². The van der Waals surface area contributed by atoms with Crippen molar-refractivity contribution < 1.29 is 13.5 Å². The van der Waals surface area contributed by atoms with Crippen LogP contribution in [0.1, 0.15) is 33.3 Å². The Labute approximate surface area is 115 Å². The Morgan fingerprint density at radius 2 is 1.89 bits per heavy atom. The molecule has 0 unspecified atom stereocenters. The number of aliphatic hydroxyl groups excluding tert-OH is 1. The molecule has 0 saturated heterocycles. The van der Waals surface area contributed by atoms with Gasteiger partial charge in [0.2, 0.25) is 0 Å². The van der Waals surface area contributed by atoms with E-state index in [2.05, 4.69) is 4.98 Å². The van der Waals surface area contributed by atoms with E-state index in [1.807, 2.05) is 27.7 Å². The fourth-order valence-electron chi connectivity index (χ4n) is 1.72. The molecule has 0 aliphatic carbocycles. The van der Waals surface area contributed by atoms with Crippen LogP contribution in [-0.4, -0.2) is 35.4 Å². The molecule has 0 aliphatic rings. The van der Waals surface area contributed by atoms with Gasteiger partial charge in [0, 0.05) is 18.8 Å². The molecule has 0 atom stereocenters. The van der Waals surface area contributed by atoms with E-state index in [-0.39, 0.29) is 23.6 Å². The van der Waals surface area contributed by atoms with E-state index < -0.39 is 10.0 Å². The Morgan fingerprint density at radius 1 is 1.26 bits per heavy atom. The third kappa shape index (κ3) is 3.99. The van der Waals surface area contributed by atoms with Gasteiger partial charge in [0.1, 0.15) is 0 Å². The molecule has 0 spiro atoms. The summed E-state index contributed by atoms with van der Waals surface area (Å²) >= 11 is 0. The van der Waals surface area contributed by atoms with Gasteiger partial charge in [0.05, 0.1) is 6.61 Å². The Bertz CT molecular complexity index is 495. The summed E-state index contributed by atoms with van der Waals surface area (Å²) in [5, 5.41) is 8.97. The summed E-state index contributed by atoms with van der Waals surface area (Å²) < 4.78 is 26.5. The highest BCUT2D eigenvalue weighted by atomic mass is 32.2. The van der Waals surface area contributed by atoms with Crippen LogP contribution in [0.2, 0.25) is 0 Å². The molecular weight excluding hydrogens is 264 g/mol. The minimum atomic E-state index is -3.58. The monoisotopic (exact) mass is 286 g/mol. The van der Waals surface area contributed by atoms with Crippen molar-refractivity contribution in [1.29, 1.82) is 0 Å². The van der Waals surface area contributed by atoms with Crippen molar-refractivity contribution in [3.05, 3.63) is 23.9 Å². The highest BCUT2D eigenvalue weighted by molar-refractivity contribution is 7.89. The molecule has 19 heavy (non-hydrogen) atoms. The maximum Gasteiger partial charge on any atom is 0.260 e. The fourth-order valence-corrected chi connectivity index (χ4v) is 3.44. The molecule has 1 heterocycles. The number of hydrogen-bond donors (Lipinski definition) is 1. The maximum atomic E-state index is 12.5. The van der Waals surface area contributed by atoms with Crippen LogP contribution >= 0.6 is 0 Å². The molecule has 0 fully saturated rings. The van der Waals surface area contributed by atoms with Gasteiger partial charge in [-0.15, -0.1) is 0 Å². The number of rotatable bonds is 6. The first-order chi connectivity index (χ1) is 8.78. The summed E-state index contributed by atoms with van der Waals surface area (Å²) in [6.45, 7) is 7.97. The largest absolute Gasteiger partial charge is 0.392 e. The molecule has 1 aromatic rings. The summed E-state index contributed by atoms with van der Waals surface area (Å²) in [7, 11) is -3.58. The molecule has 1 aromatic heterocycles. The van der Waals surface area contributed by atoms with E-state index in [1.54, 1.807) is 6.07 Å². The smallest absolute Gasteiger partial charge is 0.260 e. The van der Waals surface area contributed by atoms with Crippen LogP contribution in [0, 0.1) is 5.92 Å². The second kappa shape index (κ2) is 6.45. The molecule has 0 bridgehead atoms. The molecule has 108 valence electrons. The third-order valence-electron chi connectivity index (χ3n) is 2.67. The minimum Gasteiger partial charge on any atom is -0.392 e. The Morgan fingerprint density at radius 3 is 2.26 bits per heavy atom. The molecular formula is C13H22N2O3S. The number of aromatic nitrogens is 1. The third-order valence-corrected chi connectivity index (χ3v) is 4.63. The van der Waals surface area contributed by atoms with Gasteiger partial charge < -0.3 is 5.11 Å². The van der Waals surface area contributed by atoms with Crippen LogP contribution < -0.4 is 0 Å². The molecule has 5 nitrogen and oxygen atoms in total. The van der Waals surface area contributed by atoms with Gasteiger partial charge in [-0.3, -0.25) is 0 Å². The van der Waals surface area contributed by atoms with E-state index in [0.717, 1.165) is 0 Å². The predicted molar refractivity (Wildman–Crippen MR) is 74.0 cm³/mol. The molecule has 0 amide bonds. The van der Waals surface area contributed by atoms with E-state index in [1.165, 1.54) is 16.6 Å². The fraction of sp³-hybridized carbons (Fsp3) is 0.615. The molecule has 0 aromatic carbocycles. The predicted octanol–water partition coefficient (Wildman–Crippen LogP) is 1.63. The normalized spacial score (nSPS) is 12.6. The summed E-state index contributed by atoms with van der Waals surface area (Å²) in [4.78, 5) is 3.94. The van der Waals surface area contributed by atoms with Gasteiger partial charge >= 0.3 is 0 Å². The molecule has 0 radical (unpaired) electrons. The number of hydrogen-bond acceptors (Lipinski definition) is 4. The van der Waals surface area contributed by atoms with Gasteiger partial charge in [0.25, 0.3) is 10.0 Å². The van der Waals surface area contributed by atoms with Crippen molar-refractivity contribution >= 4 is 10.0 Å². The second-order valence-corrected chi connectivity index (χ2v) is 7.06. The lowest BCUT2D eigenvalue weighted by atomic mass is 10.2. The zero-order valence-corrected chi connectivity index (χ0v) is 12.7. The van der Waals surface area contributed by atoms with Crippen molar-refractivity contribution in [2.45, 2.75) is 45.4 Å². The van der Waals surface area contributed by atoms with Gasteiger partial charge in [-0.2, -0.15) is 4.31 Å². The molecule has 0 saturated carbocycles. The highest BCUT2D eigenvalue weighted by Gasteiger charge is 2.28. The lowest BCUT2D eigenvalue weighted by Crippen LogP contribution is -2.39. The van der Waals surface area contributed by atoms with Crippen molar-refractivity contribution in [3.63, 3.8) is 0 Å². The molecule has 1 N–H and O–H groups in total. The summed E-state index contributed by atoms with van der Waals surface area (Å²) in [5.41, 5.74) is 0.596. The van der Waals surface area contributed by atoms with Crippen LogP contribution in [0.4, 0.5) is 0 Å². The SMILES string of the molecule is CC(C)CN(C(C)C)S(=O)(=O)c1ccc(CO)cn1. The second-order valence-electron chi connectivity index (χ2n) is 5.23. The van der Waals surface area contributed by atoms with Gasteiger partial charge in [-0.05, 0) is 31.4 Å². The molecule has 6 heteroatoms. The highest BCUT2D eigenvalue weighted by Crippen LogP contribution is 2.18. The van der Waals surface area contributed by atoms with E-state index in [4.69, 9.17) is 5.11 Å². The number of aliphatic hydroxyl groups is 1. The summed E-state index contributed by atoms with van der Waals surface area (Å²) in [6, 6.07) is 2.90. The van der Waals surface area contributed by atoms with Crippen LogP contribution in [0.25, 0.3) is 0 Å². The Balaban J connectivity index is 3.11. The number of sulfonamides is 1. The standard InChI is InChI=1S/C13H22N2O3S/c1-10(2)8-15(11(3)4)19(17,18)13-6-5-12(9-16)7-14-13/h5-7,10-11,16H,8-9H2,1-4H3. The van der Waals surface area contributed by atoms with Crippen molar-refractivity contribution in [1.82, 2.24) is 9.29 Å². The molecule has 0 aliphatic heterocycles. The van der Waals surface area contributed by atoms with Crippen LogP contribution in [0.3, 0.4) is 0 Å². The summed E-state index contributed by atoms with van der Waals surface area (Å²) in [5.74, 6) is 0.244. The Kier molecular flexibility index (Phi) is 5.46.